The Morgan fingerprint density at radius 1 is 0.515 bits per heavy atom. The first-order valence-electron chi connectivity index (χ1n) is 14.0. The lowest BCUT2D eigenvalue weighted by Crippen LogP contribution is -3.07. The van der Waals surface area contributed by atoms with Crippen molar-refractivity contribution in [3.63, 3.8) is 0 Å². The van der Waals surface area contributed by atoms with Gasteiger partial charge in [0.15, 0.2) is 0 Å². The fraction of sp³-hybridized carbons (Fsp3) is 0.778. The minimum Gasteiger partial charge on any atom is -0.0713 e. The van der Waals surface area contributed by atoms with Gasteiger partial charge in [-0.1, -0.05) is 160 Å². The average Bonchev–Trinajstić information content (AvgIpc) is 2.69. The number of unbranched alkanes of at least 4 members (excludes halogenated alkanes) is 4. The predicted molar refractivity (Wildman–Crippen MR) is 169 cm³/mol. The summed E-state index contributed by atoms with van der Waals surface area (Å²) in [5, 5.41) is 0. The van der Waals surface area contributed by atoms with Crippen molar-refractivity contribution in [2.45, 2.75) is 133 Å². The van der Waals surface area contributed by atoms with Gasteiger partial charge in [0.1, 0.15) is 0 Å². The Kier molecular flexibility index (Phi) is 7.04. The maximum atomic E-state index is 2.97. The zero-order valence-electron chi connectivity index (χ0n) is 24.6. The molecule has 0 nitrogen and oxygen atoms in total. The molecule has 3 aliphatic rings. The molecule has 33 heavy (non-hydrogen) atoms. The molecule has 4 rings (SSSR count). The van der Waals surface area contributed by atoms with Gasteiger partial charge in [-0.15, -0.1) is 0 Å². The van der Waals surface area contributed by atoms with Crippen LogP contribution in [-0.4, -0.2) is 45.5 Å². The van der Waals surface area contributed by atoms with Crippen molar-refractivity contribution in [2.75, 3.05) is 0 Å². The summed E-state index contributed by atoms with van der Waals surface area (Å²) in [6.07, 6.45) is 8.92. The lowest BCUT2D eigenvalue weighted by molar-refractivity contribution is 0.596. The Morgan fingerprint density at radius 2 is 0.909 bits per heavy atom. The van der Waals surface area contributed by atoms with Gasteiger partial charge in [-0.2, -0.15) is 0 Å². The monoisotopic (exact) mass is 548 g/mol. The Morgan fingerprint density at radius 3 is 1.30 bits per heavy atom. The molecule has 0 unspecified atom stereocenters. The molecule has 188 valence electrons. The van der Waals surface area contributed by atoms with Crippen LogP contribution in [0, 0.1) is 0 Å². The quantitative estimate of drug-likeness (QED) is 0.235. The first-order valence-corrected chi connectivity index (χ1v) is 35.0. The van der Waals surface area contributed by atoms with Gasteiger partial charge in [0.25, 0.3) is 0 Å². The smallest absolute Gasteiger partial charge is 0.0464 e. The van der Waals surface area contributed by atoms with Crippen LogP contribution in [0.5, 0.6) is 0 Å². The molecule has 0 radical (unpaired) electrons. The van der Waals surface area contributed by atoms with E-state index >= 15 is 0 Å². The number of rotatable bonds is 7. The summed E-state index contributed by atoms with van der Waals surface area (Å²) < 4.78 is 1.47. The molecule has 0 atom stereocenters. The van der Waals surface area contributed by atoms with E-state index in [0.717, 1.165) is 4.28 Å². The standard InChI is InChI=1S/C27H56Si6/c1-14-15-16-17-21-24-26-28(2,3)31(8,9)27(25-22-19-18-20-23-25,32(10,11)29(26,4)5)33(12,13)30(26,6)7/h18-20,22-23H,14-17,21,24H2,1-13H3. The maximum absolute atomic E-state index is 2.97. The third kappa shape index (κ3) is 2.83. The zero-order chi connectivity index (χ0) is 25.4. The van der Waals surface area contributed by atoms with Crippen molar-refractivity contribution < 1.29 is 0 Å². The summed E-state index contributed by atoms with van der Waals surface area (Å²) >= 11 is 0. The first-order chi connectivity index (χ1) is 14.9. The topological polar surface area (TPSA) is 0 Å². The van der Waals surface area contributed by atoms with E-state index in [9.17, 15) is 0 Å². The summed E-state index contributed by atoms with van der Waals surface area (Å²) in [6.45, 7) is 37.9. The second-order valence-corrected chi connectivity index (χ2v) is 64.7. The summed E-state index contributed by atoms with van der Waals surface area (Å²) in [5.41, 5.74) is 1.84. The van der Waals surface area contributed by atoms with E-state index in [1.54, 1.807) is 6.42 Å². The van der Waals surface area contributed by atoms with E-state index in [1.165, 1.54) is 32.1 Å². The molecular formula is C27H56Si6. The highest BCUT2D eigenvalue weighted by atomic mass is 29.4. The first kappa shape index (κ1) is 28.1. The third-order valence-electron chi connectivity index (χ3n) is 13.6. The number of hydrogen-bond donors (Lipinski definition) is 0. The molecular weight excluding hydrogens is 493 g/mol. The minimum atomic E-state index is -1.55. The summed E-state index contributed by atoms with van der Waals surface area (Å²) in [5.74, 6) is 0. The van der Waals surface area contributed by atoms with Crippen LogP contribution in [0.15, 0.2) is 30.3 Å². The van der Waals surface area contributed by atoms with Gasteiger partial charge in [-0.05, 0) is 8.57 Å². The summed E-state index contributed by atoms with van der Waals surface area (Å²) in [6, 6.07) is 12.3. The molecule has 3 aliphatic heterocycles. The van der Waals surface area contributed by atoms with Gasteiger partial charge in [0.2, 0.25) is 0 Å². The van der Waals surface area contributed by atoms with Crippen LogP contribution in [0.1, 0.15) is 51.0 Å². The van der Waals surface area contributed by atoms with Crippen LogP contribution in [-0.2, 0) is 4.28 Å². The molecule has 0 N–H and O–H groups in total. The fourth-order valence-corrected chi connectivity index (χ4v) is 155. The molecule has 1 aromatic rings. The van der Waals surface area contributed by atoms with Gasteiger partial charge < -0.3 is 0 Å². The van der Waals surface area contributed by atoms with Crippen molar-refractivity contribution in [2.24, 2.45) is 0 Å². The van der Waals surface area contributed by atoms with E-state index < -0.39 is 45.5 Å². The molecule has 0 aliphatic carbocycles. The molecule has 2 bridgehead atoms. The van der Waals surface area contributed by atoms with E-state index in [2.05, 4.69) is 116 Å². The average molecular weight is 549 g/mol. The molecule has 1 aromatic carbocycles. The third-order valence-corrected chi connectivity index (χ3v) is 103. The Balaban J connectivity index is 2.41. The van der Waals surface area contributed by atoms with Crippen molar-refractivity contribution >= 4 is 45.5 Å². The van der Waals surface area contributed by atoms with Crippen LogP contribution >= 0.6 is 0 Å². The van der Waals surface area contributed by atoms with E-state index in [0.29, 0.717) is 4.28 Å². The van der Waals surface area contributed by atoms with Gasteiger partial charge in [0, 0.05) is 45.5 Å². The lowest BCUT2D eigenvalue weighted by atomic mass is 10.1. The van der Waals surface area contributed by atoms with Gasteiger partial charge in [-0.3, -0.25) is 0 Å². The maximum Gasteiger partial charge on any atom is 0.0464 e. The minimum absolute atomic E-state index is 0.638. The Hall–Kier alpha value is 0.521. The van der Waals surface area contributed by atoms with Crippen molar-refractivity contribution in [3.8, 4) is 0 Å². The Labute approximate surface area is 213 Å². The van der Waals surface area contributed by atoms with E-state index in [1.807, 2.05) is 5.56 Å². The summed E-state index contributed by atoms with van der Waals surface area (Å²) in [7, 11) is -9.12. The number of fused-ring (bicyclic) bond motifs is 3. The normalized spacial score (nSPS) is 34.2. The molecule has 3 fully saturated rings. The highest BCUT2D eigenvalue weighted by molar-refractivity contribution is 7.77. The highest BCUT2D eigenvalue weighted by Gasteiger charge is 2.91. The van der Waals surface area contributed by atoms with Gasteiger partial charge in [-0.25, -0.2) is 0 Å². The second kappa shape index (κ2) is 8.27. The van der Waals surface area contributed by atoms with E-state index in [4.69, 9.17) is 0 Å². The van der Waals surface area contributed by atoms with Crippen molar-refractivity contribution in [1.29, 1.82) is 0 Å². The number of hydrogen-bond acceptors (Lipinski definition) is 0. The van der Waals surface area contributed by atoms with Crippen molar-refractivity contribution in [1.82, 2.24) is 0 Å². The Bertz CT molecular complexity index is 794. The molecule has 3 heterocycles. The second-order valence-electron chi connectivity index (χ2n) is 14.9. The molecule has 0 saturated carbocycles. The van der Waals surface area contributed by atoms with Gasteiger partial charge in [0.05, 0.1) is 0 Å². The van der Waals surface area contributed by atoms with Gasteiger partial charge >= 0.3 is 0 Å². The highest BCUT2D eigenvalue weighted by Crippen LogP contribution is 2.78. The molecule has 6 heteroatoms. The summed E-state index contributed by atoms with van der Waals surface area (Å²) in [4.78, 5) is 0. The van der Waals surface area contributed by atoms with Crippen LogP contribution in [0.25, 0.3) is 0 Å². The van der Waals surface area contributed by atoms with Crippen LogP contribution in [0.4, 0.5) is 0 Å². The predicted octanol–water partition coefficient (Wildman–Crippen LogP) is 9.23. The van der Waals surface area contributed by atoms with Crippen LogP contribution in [0.2, 0.25) is 82.8 Å². The van der Waals surface area contributed by atoms with Crippen LogP contribution in [0.3, 0.4) is 0 Å². The van der Waals surface area contributed by atoms with Crippen molar-refractivity contribution in [3.05, 3.63) is 35.9 Å². The molecule has 0 aromatic heterocycles. The van der Waals surface area contributed by atoms with Crippen LogP contribution < -0.4 is 0 Å². The molecule has 0 amide bonds. The largest absolute Gasteiger partial charge is 0.0713 e. The fourth-order valence-electron chi connectivity index (χ4n) is 11.4. The van der Waals surface area contributed by atoms with E-state index in [-0.39, 0.29) is 0 Å². The lowest BCUT2D eigenvalue weighted by Gasteiger charge is -2.89. The SMILES string of the molecule is CCCCCCCC12[Si](C)(C)[Si](C)(C)C(c3ccccc3)([Si](C)(C)[Si]1(C)C)[Si](C)(C)[Si]2(C)C. The zero-order valence-corrected chi connectivity index (χ0v) is 30.6. The number of benzene rings is 1. The molecule has 3 saturated heterocycles. The molecule has 0 spiro atoms.